The number of hydrogen-bond donors (Lipinski definition) is 0. The van der Waals surface area contributed by atoms with Crippen LogP contribution < -0.4 is 9.80 Å². The molecule has 246 valence electrons. The van der Waals surface area contributed by atoms with Gasteiger partial charge in [0.2, 0.25) is 0 Å². The number of rotatable bonds is 8. The second kappa shape index (κ2) is 14.6. The summed E-state index contributed by atoms with van der Waals surface area (Å²) in [5, 5.41) is 0. The van der Waals surface area contributed by atoms with E-state index in [2.05, 4.69) is 183 Å². The molecule has 7 rings (SSSR count). The van der Waals surface area contributed by atoms with E-state index in [1.165, 1.54) is 99.6 Å². The van der Waals surface area contributed by atoms with Crippen molar-refractivity contribution in [2.24, 2.45) is 0 Å². The fraction of sp³-hybridized carbons (Fsp3) is 0.234. The van der Waals surface area contributed by atoms with Crippen molar-refractivity contribution in [2.75, 3.05) is 9.80 Å². The van der Waals surface area contributed by atoms with Crippen LogP contribution in [0.25, 0.3) is 0 Å². The summed E-state index contributed by atoms with van der Waals surface area (Å²) in [6.07, 6.45) is 6.34. The molecule has 1 saturated carbocycles. The Morgan fingerprint density at radius 3 is 0.776 bits per heavy atom. The highest BCUT2D eigenvalue weighted by molar-refractivity contribution is 5.78. The molecule has 6 aromatic carbocycles. The molecule has 1 aliphatic carbocycles. The molecule has 2 atom stereocenters. The quantitative estimate of drug-likeness (QED) is 0.153. The van der Waals surface area contributed by atoms with E-state index < -0.39 is 0 Å². The molecule has 0 saturated heterocycles. The highest BCUT2D eigenvalue weighted by Gasteiger charge is 2.27. The molecule has 49 heavy (non-hydrogen) atoms. The number of nitrogens with zero attached hydrogens (tertiary/aromatic N) is 2. The van der Waals surface area contributed by atoms with Crippen molar-refractivity contribution in [3.05, 3.63) is 179 Å². The maximum atomic E-state index is 2.40. The first-order valence-electron chi connectivity index (χ1n) is 18.0. The SMILES string of the molecule is Cc1ccc(N(c2ccc(C)cc2)c2ccc(C3CCCCCC3c3ccc(N(c4ccc(C)cc4)c4ccc(C)cc4)cc3)cc2)cc1. The van der Waals surface area contributed by atoms with E-state index in [4.69, 9.17) is 0 Å². The Hall–Kier alpha value is -5.08. The van der Waals surface area contributed by atoms with E-state index in [0.29, 0.717) is 11.8 Å². The second-order valence-corrected chi connectivity index (χ2v) is 14.0. The lowest BCUT2D eigenvalue weighted by molar-refractivity contribution is 0.510. The van der Waals surface area contributed by atoms with Gasteiger partial charge >= 0.3 is 0 Å². The van der Waals surface area contributed by atoms with Crippen LogP contribution in [0.15, 0.2) is 146 Å². The largest absolute Gasteiger partial charge is 0.311 e. The van der Waals surface area contributed by atoms with Crippen LogP contribution in [0.4, 0.5) is 34.1 Å². The van der Waals surface area contributed by atoms with E-state index in [1.54, 1.807) is 0 Å². The van der Waals surface area contributed by atoms with E-state index >= 15 is 0 Å². The van der Waals surface area contributed by atoms with Gasteiger partial charge < -0.3 is 9.80 Å². The first kappa shape index (κ1) is 32.5. The Bertz CT molecular complexity index is 1700. The number of hydrogen-bond acceptors (Lipinski definition) is 2. The molecule has 0 heterocycles. The van der Waals surface area contributed by atoms with Gasteiger partial charge in [-0.3, -0.25) is 0 Å². The van der Waals surface area contributed by atoms with Crippen LogP contribution >= 0.6 is 0 Å². The topological polar surface area (TPSA) is 6.48 Å². The van der Waals surface area contributed by atoms with Gasteiger partial charge in [0, 0.05) is 34.1 Å². The van der Waals surface area contributed by atoms with Gasteiger partial charge in [0.15, 0.2) is 0 Å². The minimum atomic E-state index is 0.500. The van der Waals surface area contributed by atoms with Crippen LogP contribution in [0, 0.1) is 27.7 Å². The Morgan fingerprint density at radius 2 is 0.531 bits per heavy atom. The molecule has 0 N–H and O–H groups in total. The maximum Gasteiger partial charge on any atom is 0.0461 e. The Morgan fingerprint density at radius 1 is 0.306 bits per heavy atom. The zero-order valence-electron chi connectivity index (χ0n) is 29.4. The maximum absolute atomic E-state index is 2.40. The number of anilines is 6. The smallest absolute Gasteiger partial charge is 0.0461 e. The summed E-state index contributed by atoms with van der Waals surface area (Å²) >= 11 is 0. The predicted molar refractivity (Wildman–Crippen MR) is 210 cm³/mol. The zero-order chi connectivity index (χ0) is 33.7. The Balaban J connectivity index is 1.19. The van der Waals surface area contributed by atoms with Crippen LogP contribution in [-0.2, 0) is 0 Å². The van der Waals surface area contributed by atoms with Crippen LogP contribution in [0.2, 0.25) is 0 Å². The summed E-state index contributed by atoms with van der Waals surface area (Å²) in [4.78, 5) is 4.75. The average molecular weight is 641 g/mol. The van der Waals surface area contributed by atoms with E-state index in [0.717, 1.165) is 0 Å². The third-order valence-electron chi connectivity index (χ3n) is 10.3. The molecule has 0 bridgehead atoms. The third-order valence-corrected chi connectivity index (χ3v) is 10.3. The summed E-state index contributed by atoms with van der Waals surface area (Å²) in [7, 11) is 0. The number of benzene rings is 6. The zero-order valence-corrected chi connectivity index (χ0v) is 29.4. The van der Waals surface area contributed by atoms with Gasteiger partial charge in [-0.2, -0.15) is 0 Å². The molecule has 0 aliphatic heterocycles. The molecule has 0 aromatic heterocycles. The monoisotopic (exact) mass is 640 g/mol. The van der Waals surface area contributed by atoms with Crippen LogP contribution in [0.3, 0.4) is 0 Å². The van der Waals surface area contributed by atoms with E-state index in [1.807, 2.05) is 0 Å². The molecular formula is C47H48N2. The first-order valence-corrected chi connectivity index (χ1v) is 18.0. The van der Waals surface area contributed by atoms with Crippen LogP contribution in [-0.4, -0.2) is 0 Å². The normalized spacial score (nSPS) is 16.2. The molecule has 1 fully saturated rings. The predicted octanol–water partition coefficient (Wildman–Crippen LogP) is 13.7. The van der Waals surface area contributed by atoms with Gasteiger partial charge in [-0.25, -0.2) is 0 Å². The molecule has 0 spiro atoms. The van der Waals surface area contributed by atoms with Crippen molar-refractivity contribution in [2.45, 2.75) is 71.6 Å². The van der Waals surface area contributed by atoms with Gasteiger partial charge in [-0.05, 0) is 136 Å². The summed E-state index contributed by atoms with van der Waals surface area (Å²) < 4.78 is 0. The molecule has 0 amide bonds. The summed E-state index contributed by atoms with van der Waals surface area (Å²) in [5.41, 5.74) is 15.1. The Labute approximate surface area is 293 Å². The molecule has 2 heteroatoms. The lowest BCUT2D eigenvalue weighted by Gasteiger charge is -2.29. The standard InChI is InChI=1S/C47H48N2/c1-34-10-22-40(23-11-34)48(41-24-12-35(2)13-25-41)44-30-18-38(19-31-44)46-8-6-5-7-9-47(46)39-20-32-45(33-21-39)49(42-26-14-36(3)15-27-42)43-28-16-37(4)17-29-43/h10-33,46-47H,5-9H2,1-4H3. The average Bonchev–Trinajstić information content (AvgIpc) is 3.39. The lowest BCUT2D eigenvalue weighted by Crippen LogP contribution is -2.13. The van der Waals surface area contributed by atoms with Crippen molar-refractivity contribution >= 4 is 34.1 Å². The fourth-order valence-electron chi connectivity index (χ4n) is 7.52. The molecule has 6 aromatic rings. The summed E-state index contributed by atoms with van der Waals surface area (Å²) in [6, 6.07) is 54.4. The van der Waals surface area contributed by atoms with Crippen LogP contribution in [0.1, 0.15) is 77.3 Å². The lowest BCUT2D eigenvalue weighted by atomic mass is 9.78. The minimum Gasteiger partial charge on any atom is -0.311 e. The summed E-state index contributed by atoms with van der Waals surface area (Å²) in [6.45, 7) is 8.59. The molecule has 1 aliphatic rings. The molecular weight excluding hydrogens is 593 g/mol. The van der Waals surface area contributed by atoms with Crippen molar-refractivity contribution in [1.82, 2.24) is 0 Å². The van der Waals surface area contributed by atoms with Gasteiger partial charge in [-0.15, -0.1) is 0 Å². The van der Waals surface area contributed by atoms with Gasteiger partial charge in [0.1, 0.15) is 0 Å². The van der Waals surface area contributed by atoms with Crippen molar-refractivity contribution in [1.29, 1.82) is 0 Å². The van der Waals surface area contributed by atoms with Crippen LogP contribution in [0.5, 0.6) is 0 Å². The van der Waals surface area contributed by atoms with Gasteiger partial charge in [0.25, 0.3) is 0 Å². The van der Waals surface area contributed by atoms with Crippen molar-refractivity contribution in [3.63, 3.8) is 0 Å². The first-order chi connectivity index (χ1) is 23.9. The number of aryl methyl sites for hydroxylation is 4. The molecule has 0 radical (unpaired) electrons. The highest BCUT2D eigenvalue weighted by Crippen LogP contribution is 2.45. The second-order valence-electron chi connectivity index (χ2n) is 14.0. The highest BCUT2D eigenvalue weighted by atomic mass is 15.1. The third kappa shape index (κ3) is 7.34. The van der Waals surface area contributed by atoms with Gasteiger partial charge in [-0.1, -0.05) is 114 Å². The van der Waals surface area contributed by atoms with Crippen molar-refractivity contribution in [3.8, 4) is 0 Å². The van der Waals surface area contributed by atoms with Crippen molar-refractivity contribution < 1.29 is 0 Å². The van der Waals surface area contributed by atoms with E-state index in [-0.39, 0.29) is 0 Å². The fourth-order valence-corrected chi connectivity index (χ4v) is 7.52. The summed E-state index contributed by atoms with van der Waals surface area (Å²) in [5.74, 6) is 1.000. The molecule has 2 nitrogen and oxygen atoms in total. The van der Waals surface area contributed by atoms with E-state index in [9.17, 15) is 0 Å². The van der Waals surface area contributed by atoms with Gasteiger partial charge in [0.05, 0.1) is 0 Å². The minimum absolute atomic E-state index is 0.500. The Kier molecular flexibility index (Phi) is 9.66. The molecule has 2 unspecified atom stereocenters.